The Morgan fingerprint density at radius 2 is 1.82 bits per heavy atom. The van der Waals surface area contributed by atoms with E-state index >= 15 is 0 Å². The van der Waals surface area contributed by atoms with E-state index in [0.29, 0.717) is 17.5 Å². The van der Waals surface area contributed by atoms with E-state index in [2.05, 4.69) is 10.1 Å². The average molecular weight is 470 g/mol. The van der Waals surface area contributed by atoms with Crippen LogP contribution in [0.15, 0.2) is 47.6 Å². The van der Waals surface area contributed by atoms with Gasteiger partial charge in [-0.1, -0.05) is 43.3 Å². The van der Waals surface area contributed by atoms with Crippen molar-refractivity contribution >= 4 is 30.4 Å². The molecule has 0 saturated carbocycles. The predicted molar refractivity (Wildman–Crippen MR) is 132 cm³/mol. The van der Waals surface area contributed by atoms with Crippen LogP contribution in [0.4, 0.5) is 0 Å². The van der Waals surface area contributed by atoms with Crippen molar-refractivity contribution in [3.63, 3.8) is 0 Å². The third kappa shape index (κ3) is 5.28. The molecule has 0 radical (unpaired) electrons. The standard InChI is InChI=1S/C26H31N3O3.ClH/c1-2-26(27)22(16-24(30)31)12-11-19-9-10-21(15-23(19)26)25(32)20-7-5-18(6-8-20)17-28-29-13-3-4-14-29;/h5-10,15,17,22H,2-4,11-14,16,27H2,1H3,(H,30,31);1H. The summed E-state index contributed by atoms with van der Waals surface area (Å²) in [6, 6.07) is 13.2. The number of nitrogens with two attached hydrogens (primary N) is 1. The second kappa shape index (κ2) is 10.5. The van der Waals surface area contributed by atoms with Crippen molar-refractivity contribution in [2.75, 3.05) is 13.1 Å². The van der Waals surface area contributed by atoms with Gasteiger partial charge in [-0.05, 0) is 60.8 Å². The molecule has 1 heterocycles. The first-order valence-corrected chi connectivity index (χ1v) is 11.5. The molecule has 0 amide bonds. The molecule has 1 aliphatic heterocycles. The lowest BCUT2D eigenvalue weighted by Gasteiger charge is -2.42. The molecule has 1 fully saturated rings. The fourth-order valence-corrected chi connectivity index (χ4v) is 5.00. The van der Waals surface area contributed by atoms with Crippen LogP contribution in [0.5, 0.6) is 0 Å². The average Bonchev–Trinajstić information content (AvgIpc) is 3.33. The SMILES string of the molecule is CCC1(N)c2cc(C(=O)c3ccc(C=NN4CCCC4)cc3)ccc2CCC1CC(=O)O.Cl. The largest absolute Gasteiger partial charge is 0.481 e. The number of halogens is 1. The number of aryl methyl sites for hydroxylation is 1. The summed E-state index contributed by atoms with van der Waals surface area (Å²) in [5.74, 6) is -1.03. The fraction of sp³-hybridized carbons (Fsp3) is 0.423. The summed E-state index contributed by atoms with van der Waals surface area (Å²) in [4.78, 5) is 24.6. The lowest BCUT2D eigenvalue weighted by atomic mass is 9.66. The lowest BCUT2D eigenvalue weighted by molar-refractivity contribution is -0.139. The van der Waals surface area contributed by atoms with Gasteiger partial charge in [0.15, 0.2) is 5.78 Å². The molecular weight excluding hydrogens is 438 g/mol. The minimum atomic E-state index is -0.831. The molecule has 2 unspecified atom stereocenters. The quantitative estimate of drug-likeness (QED) is 0.463. The molecule has 33 heavy (non-hydrogen) atoms. The van der Waals surface area contributed by atoms with Gasteiger partial charge < -0.3 is 10.8 Å². The smallest absolute Gasteiger partial charge is 0.303 e. The molecule has 2 aromatic rings. The molecule has 1 saturated heterocycles. The number of nitrogens with zero attached hydrogens (tertiary/aromatic N) is 2. The molecule has 6 nitrogen and oxygen atoms in total. The van der Waals surface area contributed by atoms with Crippen LogP contribution in [0, 0.1) is 5.92 Å². The Labute approximate surface area is 201 Å². The minimum absolute atomic E-state index is 0. The Bertz CT molecular complexity index is 1030. The van der Waals surface area contributed by atoms with Gasteiger partial charge in [0.1, 0.15) is 0 Å². The maximum atomic E-state index is 13.2. The zero-order valence-electron chi connectivity index (χ0n) is 19.0. The number of carbonyl (C=O) groups excluding carboxylic acids is 1. The zero-order valence-corrected chi connectivity index (χ0v) is 19.8. The van der Waals surface area contributed by atoms with E-state index in [1.807, 2.05) is 55.6 Å². The number of benzene rings is 2. The second-order valence-electron chi connectivity index (χ2n) is 8.96. The molecular formula is C26H32ClN3O3. The van der Waals surface area contributed by atoms with E-state index in [1.165, 1.54) is 12.8 Å². The molecule has 0 bridgehead atoms. The van der Waals surface area contributed by atoms with Crippen LogP contribution in [-0.4, -0.2) is 41.2 Å². The first-order chi connectivity index (χ1) is 15.4. The molecule has 0 spiro atoms. The molecule has 7 heteroatoms. The van der Waals surface area contributed by atoms with Crippen molar-refractivity contribution in [2.24, 2.45) is 16.8 Å². The number of rotatable bonds is 7. The van der Waals surface area contributed by atoms with Crippen molar-refractivity contribution in [3.8, 4) is 0 Å². The maximum absolute atomic E-state index is 13.2. The Balaban J connectivity index is 0.00000306. The maximum Gasteiger partial charge on any atom is 0.303 e. The Morgan fingerprint density at radius 1 is 1.15 bits per heavy atom. The van der Waals surface area contributed by atoms with Crippen molar-refractivity contribution in [1.29, 1.82) is 0 Å². The third-order valence-electron chi connectivity index (χ3n) is 7.00. The number of carboxylic acids is 1. The number of hydrogen-bond donors (Lipinski definition) is 2. The number of carbonyl (C=O) groups is 2. The zero-order chi connectivity index (χ0) is 22.7. The summed E-state index contributed by atoms with van der Waals surface area (Å²) in [6.07, 6.45) is 6.41. The fourth-order valence-electron chi connectivity index (χ4n) is 5.00. The van der Waals surface area contributed by atoms with Gasteiger partial charge in [-0.2, -0.15) is 5.10 Å². The van der Waals surface area contributed by atoms with E-state index in [-0.39, 0.29) is 30.5 Å². The normalized spacial score (nSPS) is 22.1. The summed E-state index contributed by atoms with van der Waals surface area (Å²) < 4.78 is 0. The third-order valence-corrected chi connectivity index (χ3v) is 7.00. The summed E-state index contributed by atoms with van der Waals surface area (Å²) in [5.41, 5.74) is 10.2. The molecule has 2 atom stereocenters. The molecule has 176 valence electrons. The first kappa shape index (κ1) is 24.9. The van der Waals surface area contributed by atoms with E-state index < -0.39 is 11.5 Å². The highest BCUT2D eigenvalue weighted by Crippen LogP contribution is 2.42. The molecule has 2 aliphatic rings. The van der Waals surface area contributed by atoms with Crippen molar-refractivity contribution in [2.45, 2.75) is 51.0 Å². The van der Waals surface area contributed by atoms with Crippen molar-refractivity contribution < 1.29 is 14.7 Å². The number of aliphatic carboxylic acids is 1. The number of ketones is 1. The van der Waals surface area contributed by atoms with Crippen LogP contribution in [0.2, 0.25) is 0 Å². The van der Waals surface area contributed by atoms with Gasteiger partial charge in [0.05, 0.1) is 12.6 Å². The molecule has 1 aliphatic carbocycles. The number of fused-ring (bicyclic) bond motifs is 1. The van der Waals surface area contributed by atoms with Crippen molar-refractivity contribution in [1.82, 2.24) is 5.01 Å². The van der Waals surface area contributed by atoms with Crippen LogP contribution < -0.4 is 5.73 Å². The van der Waals surface area contributed by atoms with Gasteiger partial charge >= 0.3 is 5.97 Å². The van der Waals surface area contributed by atoms with Crippen LogP contribution in [0.1, 0.15) is 71.6 Å². The molecule has 4 rings (SSSR count). The summed E-state index contributed by atoms with van der Waals surface area (Å²) >= 11 is 0. The highest BCUT2D eigenvalue weighted by atomic mass is 35.5. The van der Waals surface area contributed by atoms with Gasteiger partial charge in [-0.25, -0.2) is 0 Å². The Morgan fingerprint density at radius 3 is 2.45 bits per heavy atom. The van der Waals surface area contributed by atoms with E-state index in [0.717, 1.165) is 42.6 Å². The first-order valence-electron chi connectivity index (χ1n) is 11.5. The summed E-state index contributed by atoms with van der Waals surface area (Å²) in [5, 5.41) is 15.9. The topological polar surface area (TPSA) is 96.0 Å². The minimum Gasteiger partial charge on any atom is -0.481 e. The number of hydrazone groups is 1. The molecule has 2 aromatic carbocycles. The van der Waals surface area contributed by atoms with Gasteiger partial charge in [-0.15, -0.1) is 12.4 Å². The van der Waals surface area contributed by atoms with E-state index in [4.69, 9.17) is 5.73 Å². The predicted octanol–water partition coefficient (Wildman–Crippen LogP) is 4.37. The van der Waals surface area contributed by atoms with Crippen LogP contribution >= 0.6 is 12.4 Å². The van der Waals surface area contributed by atoms with Crippen molar-refractivity contribution in [3.05, 3.63) is 70.3 Å². The van der Waals surface area contributed by atoms with Crippen LogP contribution in [0.3, 0.4) is 0 Å². The number of hydrogen-bond acceptors (Lipinski definition) is 5. The van der Waals surface area contributed by atoms with Gasteiger partial charge in [0.2, 0.25) is 0 Å². The Kier molecular flexibility index (Phi) is 7.92. The Hall–Kier alpha value is -2.70. The number of carboxylic acid groups (broad SMARTS) is 1. The summed E-state index contributed by atoms with van der Waals surface area (Å²) in [7, 11) is 0. The van der Waals surface area contributed by atoms with Crippen LogP contribution in [-0.2, 0) is 16.8 Å². The molecule has 0 aromatic heterocycles. The lowest BCUT2D eigenvalue weighted by Crippen LogP contribution is -2.47. The van der Waals surface area contributed by atoms with Gasteiger partial charge in [-0.3, -0.25) is 14.6 Å². The van der Waals surface area contributed by atoms with Gasteiger partial charge in [0, 0.05) is 29.8 Å². The highest BCUT2D eigenvalue weighted by Gasteiger charge is 2.41. The second-order valence-corrected chi connectivity index (χ2v) is 8.96. The monoisotopic (exact) mass is 469 g/mol. The highest BCUT2D eigenvalue weighted by molar-refractivity contribution is 6.09. The van der Waals surface area contributed by atoms with Gasteiger partial charge in [0.25, 0.3) is 0 Å². The van der Waals surface area contributed by atoms with Crippen LogP contribution in [0.25, 0.3) is 0 Å². The van der Waals surface area contributed by atoms with E-state index in [1.54, 1.807) is 0 Å². The molecule has 3 N–H and O–H groups in total. The van der Waals surface area contributed by atoms with E-state index in [9.17, 15) is 14.7 Å². The summed E-state index contributed by atoms with van der Waals surface area (Å²) in [6.45, 7) is 3.99.